The Hall–Kier alpha value is -0.545. The molecule has 80 valence electrons. The maximum absolute atomic E-state index is 5.87. The van der Waals surface area contributed by atoms with Crippen molar-refractivity contribution in [1.29, 1.82) is 0 Å². The van der Waals surface area contributed by atoms with Crippen LogP contribution in [0.2, 0.25) is 5.02 Å². The highest BCUT2D eigenvalue weighted by atomic mass is 35.5. The maximum atomic E-state index is 5.87. The number of hydrogen-bond donors (Lipinski definition) is 0. The summed E-state index contributed by atoms with van der Waals surface area (Å²) in [4.78, 5) is 2.28. The highest BCUT2D eigenvalue weighted by Crippen LogP contribution is 2.25. The van der Waals surface area contributed by atoms with Crippen LogP contribution in [0, 0.1) is 0 Å². The number of hydrogen-bond acceptors (Lipinski definition) is 3. The Kier molecular flexibility index (Phi) is 2.25. The van der Waals surface area contributed by atoms with Gasteiger partial charge in [0, 0.05) is 18.2 Å². The first-order valence-electron chi connectivity index (χ1n) is 5.24. The molecule has 1 aromatic rings. The number of nitrogens with zero attached hydrogens (tertiary/aromatic N) is 1. The van der Waals surface area contributed by atoms with Gasteiger partial charge in [-0.3, -0.25) is 0 Å². The summed E-state index contributed by atoms with van der Waals surface area (Å²) in [5, 5.41) is 0.744. The maximum Gasteiger partial charge on any atom is 0.347 e. The van der Waals surface area contributed by atoms with Crippen LogP contribution in [-0.2, 0) is 9.31 Å². The lowest BCUT2D eigenvalue weighted by molar-refractivity contribution is 0.232. The second-order valence-electron chi connectivity index (χ2n) is 4.00. The highest BCUT2D eigenvalue weighted by molar-refractivity contribution is 6.79. The van der Waals surface area contributed by atoms with Gasteiger partial charge in [0.15, 0.2) is 0 Å². The van der Waals surface area contributed by atoms with E-state index in [0.717, 1.165) is 36.8 Å². The molecule has 0 spiro atoms. The molecular formula is C10H12BClNO2-. The van der Waals surface area contributed by atoms with Crippen LogP contribution in [0.1, 0.15) is 0 Å². The zero-order valence-electron chi connectivity index (χ0n) is 8.36. The largest absolute Gasteiger partial charge is 0.550 e. The van der Waals surface area contributed by atoms with Gasteiger partial charge in [0.1, 0.15) is 0 Å². The summed E-state index contributed by atoms with van der Waals surface area (Å²) in [5.74, 6) is 0. The monoisotopic (exact) mass is 224 g/mol. The van der Waals surface area contributed by atoms with Crippen molar-refractivity contribution in [2.45, 2.75) is 0 Å². The third kappa shape index (κ3) is 1.40. The lowest BCUT2D eigenvalue weighted by Gasteiger charge is -2.37. The molecule has 0 unspecified atom stereocenters. The van der Waals surface area contributed by atoms with E-state index in [0.29, 0.717) is 0 Å². The lowest BCUT2D eigenvalue weighted by Crippen LogP contribution is -2.57. The molecule has 0 saturated carbocycles. The molecule has 0 atom stereocenters. The molecule has 0 radical (unpaired) electrons. The van der Waals surface area contributed by atoms with Gasteiger partial charge in [0.25, 0.3) is 0 Å². The molecule has 0 aliphatic carbocycles. The van der Waals surface area contributed by atoms with Gasteiger partial charge in [-0.15, -0.1) is 5.46 Å². The molecule has 2 aliphatic rings. The first-order valence-corrected chi connectivity index (χ1v) is 5.62. The third-order valence-electron chi connectivity index (χ3n) is 3.22. The molecule has 1 aromatic carbocycles. The fourth-order valence-electron chi connectivity index (χ4n) is 2.48. The molecule has 0 amide bonds. The van der Waals surface area contributed by atoms with E-state index in [1.165, 1.54) is 0 Å². The van der Waals surface area contributed by atoms with Gasteiger partial charge in [-0.1, -0.05) is 23.7 Å². The summed E-state index contributed by atoms with van der Waals surface area (Å²) >= 11 is 5.87. The van der Waals surface area contributed by atoms with Crippen molar-refractivity contribution in [1.82, 2.24) is 4.81 Å². The van der Waals surface area contributed by atoms with Gasteiger partial charge >= 0.3 is 6.69 Å². The zero-order valence-corrected chi connectivity index (χ0v) is 9.11. The average molecular weight is 224 g/mol. The molecule has 2 fully saturated rings. The SMILES string of the molecule is Clc1ccc([B-]23OCCN2CCO3)cc1. The quantitative estimate of drug-likeness (QED) is 0.660. The molecule has 0 aromatic heterocycles. The van der Waals surface area contributed by atoms with Gasteiger partial charge < -0.3 is 14.1 Å². The number of rotatable bonds is 1. The average Bonchev–Trinajstić information content (AvgIpc) is 2.77. The van der Waals surface area contributed by atoms with E-state index in [1.807, 2.05) is 24.3 Å². The molecule has 3 rings (SSSR count). The topological polar surface area (TPSA) is 21.7 Å². The number of fused-ring (bicyclic) bond motifs is 1. The van der Waals surface area contributed by atoms with Crippen LogP contribution in [0.3, 0.4) is 0 Å². The Labute approximate surface area is 93.9 Å². The summed E-state index contributed by atoms with van der Waals surface area (Å²) in [6.07, 6.45) is 0. The first kappa shape index (κ1) is 9.66. The molecule has 0 N–H and O–H groups in total. The molecule has 2 aliphatic heterocycles. The number of benzene rings is 1. The van der Waals surface area contributed by atoms with E-state index in [-0.39, 0.29) is 0 Å². The van der Waals surface area contributed by atoms with Crippen LogP contribution < -0.4 is 5.46 Å². The van der Waals surface area contributed by atoms with Crippen molar-refractivity contribution < 1.29 is 9.31 Å². The van der Waals surface area contributed by atoms with Gasteiger partial charge in [0.2, 0.25) is 0 Å². The molecule has 2 saturated heterocycles. The first-order chi connectivity index (χ1) is 7.31. The van der Waals surface area contributed by atoms with E-state index in [2.05, 4.69) is 4.81 Å². The Bertz CT molecular complexity index is 360. The van der Waals surface area contributed by atoms with Gasteiger partial charge in [-0.25, -0.2) is 0 Å². The molecule has 15 heavy (non-hydrogen) atoms. The molecule has 0 bridgehead atoms. The van der Waals surface area contributed by atoms with Crippen LogP contribution in [0.4, 0.5) is 0 Å². The smallest absolute Gasteiger partial charge is 0.347 e. The van der Waals surface area contributed by atoms with Crippen molar-refractivity contribution in [3.63, 3.8) is 0 Å². The summed E-state index contributed by atoms with van der Waals surface area (Å²) in [7, 11) is 0. The van der Waals surface area contributed by atoms with E-state index in [4.69, 9.17) is 20.9 Å². The van der Waals surface area contributed by atoms with Crippen molar-refractivity contribution in [2.75, 3.05) is 26.3 Å². The second-order valence-corrected chi connectivity index (χ2v) is 4.44. The van der Waals surface area contributed by atoms with Crippen LogP contribution in [0.15, 0.2) is 24.3 Å². The minimum atomic E-state index is -1.35. The molecular weight excluding hydrogens is 212 g/mol. The number of halogens is 1. The minimum Gasteiger partial charge on any atom is -0.550 e. The van der Waals surface area contributed by atoms with E-state index in [9.17, 15) is 0 Å². The normalized spacial score (nSPS) is 24.3. The van der Waals surface area contributed by atoms with Gasteiger partial charge in [0.05, 0.1) is 0 Å². The lowest BCUT2D eigenvalue weighted by atomic mass is 9.63. The Morgan fingerprint density at radius 2 is 1.67 bits per heavy atom. The van der Waals surface area contributed by atoms with Crippen LogP contribution in [0.25, 0.3) is 0 Å². The molecule has 5 heteroatoms. The van der Waals surface area contributed by atoms with Crippen LogP contribution in [0.5, 0.6) is 0 Å². The predicted octanol–water partition coefficient (Wildman–Crippen LogP) is 0.848. The Balaban J connectivity index is 2.01. The van der Waals surface area contributed by atoms with Crippen molar-refractivity contribution >= 4 is 23.8 Å². The van der Waals surface area contributed by atoms with Crippen molar-refractivity contribution in [3.05, 3.63) is 29.3 Å². The van der Waals surface area contributed by atoms with E-state index in [1.54, 1.807) is 0 Å². The predicted molar refractivity (Wildman–Crippen MR) is 60.3 cm³/mol. The fraction of sp³-hybridized carbons (Fsp3) is 0.400. The summed E-state index contributed by atoms with van der Waals surface area (Å²) in [5.41, 5.74) is 1.09. The van der Waals surface area contributed by atoms with Crippen molar-refractivity contribution in [3.8, 4) is 0 Å². The van der Waals surface area contributed by atoms with E-state index >= 15 is 0 Å². The summed E-state index contributed by atoms with van der Waals surface area (Å²) < 4.78 is 11.6. The highest BCUT2D eigenvalue weighted by Gasteiger charge is 2.43. The van der Waals surface area contributed by atoms with Gasteiger partial charge in [-0.2, -0.15) is 0 Å². The fourth-order valence-corrected chi connectivity index (χ4v) is 2.61. The molecule has 2 heterocycles. The Morgan fingerprint density at radius 1 is 1.07 bits per heavy atom. The standard InChI is InChI=1S/C10H12BClNO2/c12-10-3-1-9(2-4-10)11-13(5-7-14-11)6-8-15-11/h1-4H,5-8H2/q-1. The van der Waals surface area contributed by atoms with Crippen LogP contribution in [-0.4, -0.2) is 37.8 Å². The molecule has 3 nitrogen and oxygen atoms in total. The zero-order chi connectivity index (χ0) is 10.3. The summed E-state index contributed by atoms with van der Waals surface area (Å²) in [6.45, 7) is 2.08. The van der Waals surface area contributed by atoms with Crippen LogP contribution >= 0.6 is 11.6 Å². The van der Waals surface area contributed by atoms with Gasteiger partial charge in [-0.05, 0) is 25.2 Å². The minimum absolute atomic E-state index is 0.744. The van der Waals surface area contributed by atoms with Crippen molar-refractivity contribution in [2.24, 2.45) is 0 Å². The van der Waals surface area contributed by atoms with E-state index < -0.39 is 6.69 Å². The second kappa shape index (κ2) is 3.49. The third-order valence-corrected chi connectivity index (χ3v) is 3.47. The Morgan fingerprint density at radius 3 is 2.27 bits per heavy atom. The summed E-state index contributed by atoms with van der Waals surface area (Å²) in [6, 6.07) is 7.75.